The molecule has 0 N–H and O–H groups in total. The first-order chi connectivity index (χ1) is 4.74. The van der Waals surface area contributed by atoms with Crippen LogP contribution >= 0.6 is 0 Å². The van der Waals surface area contributed by atoms with Crippen LogP contribution in [0.15, 0.2) is 0 Å². The average molecular weight is 143 g/mol. The summed E-state index contributed by atoms with van der Waals surface area (Å²) >= 11 is 0. The molecule has 1 rings (SSSR count). The van der Waals surface area contributed by atoms with Crippen molar-refractivity contribution < 1.29 is 9.53 Å². The van der Waals surface area contributed by atoms with E-state index >= 15 is 0 Å². The van der Waals surface area contributed by atoms with Crippen molar-refractivity contribution in [1.29, 1.82) is 0 Å². The maximum atomic E-state index is 10.4. The molecule has 1 heterocycles. The number of hydrogen-bond donors (Lipinski definition) is 0. The Morgan fingerprint density at radius 3 is 2.70 bits per heavy atom. The fourth-order valence-corrected chi connectivity index (χ4v) is 0.974. The lowest BCUT2D eigenvalue weighted by atomic mass is 10.4. The van der Waals surface area contributed by atoms with Gasteiger partial charge in [0.2, 0.25) is 6.10 Å². The number of likely N-dealkylation sites (N-methyl/N-ethyl adjacent to an activating group) is 1. The van der Waals surface area contributed by atoms with Gasteiger partial charge in [-0.2, -0.15) is 0 Å². The lowest BCUT2D eigenvalue weighted by molar-refractivity contribution is -0.117. The molecule has 1 saturated heterocycles. The Bertz CT molecular complexity index is 136. The molecule has 0 aromatic rings. The summed E-state index contributed by atoms with van der Waals surface area (Å²) in [6, 6.07) is 0. The number of epoxide rings is 1. The molecule has 0 radical (unpaired) electrons. The molecule has 1 atom stereocenters. The van der Waals surface area contributed by atoms with Crippen LogP contribution in [0.3, 0.4) is 0 Å². The van der Waals surface area contributed by atoms with Crippen LogP contribution in [-0.4, -0.2) is 37.1 Å². The van der Waals surface area contributed by atoms with Gasteiger partial charge in [0.15, 0.2) is 0 Å². The third kappa shape index (κ3) is 1.99. The maximum Gasteiger partial charge on any atom is 0.349 e. The van der Waals surface area contributed by atoms with Gasteiger partial charge in [-0.1, -0.05) is 6.92 Å². The number of nitrogens with zero attached hydrogens (tertiary/aromatic N) is 1. The highest BCUT2D eigenvalue weighted by Gasteiger charge is 2.38. The molecule has 3 nitrogen and oxygen atoms in total. The number of ether oxygens (including phenoxy) is 1. The third-order valence-electron chi connectivity index (χ3n) is 1.55. The molecule has 1 fully saturated rings. The molecule has 10 heavy (non-hydrogen) atoms. The number of carbonyl (C=O) groups is 1. The smallest absolute Gasteiger partial charge is 0.349 e. The molecule has 0 amide bonds. The van der Waals surface area contributed by atoms with E-state index in [4.69, 9.17) is 0 Å². The number of hydrogen-bond acceptors (Lipinski definition) is 3. The molecule has 1 unspecified atom stereocenters. The molecule has 1 aliphatic rings. The summed E-state index contributed by atoms with van der Waals surface area (Å²) in [6.07, 6.45) is 1.01. The summed E-state index contributed by atoms with van der Waals surface area (Å²) in [5, 5.41) is 0. The predicted octanol–water partition coefficient (Wildman–Crippen LogP) is 0.254. The highest BCUT2D eigenvalue weighted by atomic mass is 16.6. The van der Waals surface area contributed by atoms with Crippen molar-refractivity contribution in [2.24, 2.45) is 0 Å². The van der Waals surface area contributed by atoms with Crippen LogP contribution in [0.4, 0.5) is 0 Å². The van der Waals surface area contributed by atoms with E-state index in [9.17, 15) is 4.79 Å². The molecule has 0 saturated carbocycles. The fraction of sp³-hybridized carbons (Fsp3) is 0.857. The van der Waals surface area contributed by atoms with E-state index < -0.39 is 0 Å². The zero-order valence-corrected chi connectivity index (χ0v) is 6.46. The molecule has 3 heteroatoms. The molecule has 1 aliphatic heterocycles. The van der Waals surface area contributed by atoms with Gasteiger partial charge in [-0.15, -0.1) is 0 Å². The summed E-state index contributed by atoms with van der Waals surface area (Å²) in [5.74, 6) is -0.0528. The fourth-order valence-electron chi connectivity index (χ4n) is 0.974. The number of carbonyl (C=O) groups excluding carboxylic acids is 1. The van der Waals surface area contributed by atoms with Crippen molar-refractivity contribution >= 4 is 5.97 Å². The van der Waals surface area contributed by atoms with Crippen molar-refractivity contribution in [2.75, 3.05) is 20.1 Å². The first-order valence-corrected chi connectivity index (χ1v) is 3.63. The van der Waals surface area contributed by atoms with Crippen molar-refractivity contribution in [3.8, 4) is 0 Å². The van der Waals surface area contributed by atoms with Gasteiger partial charge < -0.3 is 9.64 Å². The minimum atomic E-state index is -0.114. The quantitative estimate of drug-likeness (QED) is 0.529. The van der Waals surface area contributed by atoms with Crippen molar-refractivity contribution in [3.63, 3.8) is 0 Å². The van der Waals surface area contributed by atoms with Crippen molar-refractivity contribution in [3.05, 3.63) is 0 Å². The highest BCUT2D eigenvalue weighted by molar-refractivity contribution is 5.87. The lowest BCUT2D eigenvalue weighted by Gasteiger charge is -2.11. The van der Waals surface area contributed by atoms with Gasteiger partial charge in [0.05, 0.1) is 0 Å². The summed E-state index contributed by atoms with van der Waals surface area (Å²) in [4.78, 5) is 12.5. The van der Waals surface area contributed by atoms with E-state index in [0.29, 0.717) is 0 Å². The van der Waals surface area contributed by atoms with Gasteiger partial charge >= 0.3 is 5.97 Å². The van der Waals surface area contributed by atoms with Crippen LogP contribution in [-0.2, 0) is 9.53 Å². The first-order valence-electron chi connectivity index (χ1n) is 3.63. The number of cyclic esters (lactones) is 1. The van der Waals surface area contributed by atoms with Gasteiger partial charge in [0.25, 0.3) is 0 Å². The normalized spacial score (nSPS) is 23.1. The maximum absolute atomic E-state index is 10.4. The molecule has 0 bridgehead atoms. The second kappa shape index (κ2) is 3.01. The minimum Gasteiger partial charge on any atom is -0.446 e. The lowest BCUT2D eigenvalue weighted by Crippen LogP contribution is -2.24. The Morgan fingerprint density at radius 1 is 1.70 bits per heavy atom. The standard InChI is InChI=1S/C7H13NO2/c1-3-4-8(2)5-6-7(9)10-6/h6H,3-5H2,1-2H3. The SMILES string of the molecule is CCCN(C)CC1OC1=O. The number of rotatable bonds is 4. The molecule has 0 aromatic heterocycles. The van der Waals surface area contributed by atoms with Crippen LogP contribution in [0.5, 0.6) is 0 Å². The van der Waals surface area contributed by atoms with Gasteiger partial charge in [-0.3, -0.25) is 0 Å². The van der Waals surface area contributed by atoms with Crippen LogP contribution in [0.1, 0.15) is 13.3 Å². The van der Waals surface area contributed by atoms with E-state index in [1.165, 1.54) is 0 Å². The summed E-state index contributed by atoms with van der Waals surface area (Å²) in [5.41, 5.74) is 0. The molecule has 58 valence electrons. The Labute approximate surface area is 61.0 Å². The van der Waals surface area contributed by atoms with Crippen LogP contribution in [0.25, 0.3) is 0 Å². The van der Waals surface area contributed by atoms with E-state index in [1.807, 2.05) is 7.05 Å². The summed E-state index contributed by atoms with van der Waals surface area (Å²) in [6.45, 7) is 3.91. The largest absolute Gasteiger partial charge is 0.446 e. The van der Waals surface area contributed by atoms with E-state index in [1.54, 1.807) is 0 Å². The minimum absolute atomic E-state index is 0.0528. The zero-order chi connectivity index (χ0) is 7.56. The van der Waals surface area contributed by atoms with Gasteiger partial charge in [-0.25, -0.2) is 4.79 Å². The monoisotopic (exact) mass is 143 g/mol. The van der Waals surface area contributed by atoms with E-state index in [0.717, 1.165) is 19.5 Å². The second-order valence-electron chi connectivity index (χ2n) is 2.69. The molecular formula is C7H13NO2. The van der Waals surface area contributed by atoms with Crippen LogP contribution < -0.4 is 0 Å². The Hall–Kier alpha value is -0.570. The van der Waals surface area contributed by atoms with Crippen molar-refractivity contribution in [2.45, 2.75) is 19.4 Å². The van der Waals surface area contributed by atoms with Crippen molar-refractivity contribution in [1.82, 2.24) is 4.90 Å². The topological polar surface area (TPSA) is 32.8 Å². The molecule has 0 spiro atoms. The van der Waals surface area contributed by atoms with Crippen LogP contribution in [0, 0.1) is 0 Å². The molecular weight excluding hydrogens is 130 g/mol. The Balaban J connectivity index is 2.07. The average Bonchev–Trinajstić information content (AvgIpc) is 2.47. The van der Waals surface area contributed by atoms with Gasteiger partial charge in [0.1, 0.15) is 0 Å². The summed E-state index contributed by atoms with van der Waals surface area (Å²) in [7, 11) is 2.00. The van der Waals surface area contributed by atoms with Crippen LogP contribution in [0.2, 0.25) is 0 Å². The van der Waals surface area contributed by atoms with Gasteiger partial charge in [-0.05, 0) is 20.0 Å². The third-order valence-corrected chi connectivity index (χ3v) is 1.55. The van der Waals surface area contributed by atoms with Gasteiger partial charge in [0, 0.05) is 6.54 Å². The van der Waals surface area contributed by atoms with E-state index in [-0.39, 0.29) is 12.1 Å². The Kier molecular flexibility index (Phi) is 2.27. The molecule has 0 aliphatic carbocycles. The highest BCUT2D eigenvalue weighted by Crippen LogP contribution is 2.12. The van der Waals surface area contributed by atoms with E-state index in [2.05, 4.69) is 16.6 Å². The first kappa shape index (κ1) is 7.54. The summed E-state index contributed by atoms with van der Waals surface area (Å²) < 4.78 is 4.65. The second-order valence-corrected chi connectivity index (χ2v) is 2.69. The molecule has 0 aromatic carbocycles. The Morgan fingerprint density at radius 2 is 2.30 bits per heavy atom. The predicted molar refractivity (Wildman–Crippen MR) is 37.7 cm³/mol. The zero-order valence-electron chi connectivity index (χ0n) is 6.46.